The van der Waals surface area contributed by atoms with E-state index in [0.717, 1.165) is 38.3 Å². The summed E-state index contributed by atoms with van der Waals surface area (Å²) in [6.45, 7) is 8.95. The minimum absolute atomic E-state index is 0.309. The van der Waals surface area contributed by atoms with Crippen molar-refractivity contribution in [1.29, 1.82) is 0 Å². The molecule has 1 aromatic carbocycles. The number of hydrogen-bond donors (Lipinski definition) is 1. The van der Waals surface area contributed by atoms with Gasteiger partial charge in [-0.25, -0.2) is 0 Å². The number of morpholine rings is 1. The van der Waals surface area contributed by atoms with Crippen molar-refractivity contribution in [1.82, 2.24) is 10.2 Å². The second kappa shape index (κ2) is 9.11. The summed E-state index contributed by atoms with van der Waals surface area (Å²) < 4.78 is 21.9. The number of rotatable bonds is 8. The molecule has 0 bridgehead atoms. The first kappa shape index (κ1) is 18.8. The molecule has 136 valence electrons. The Morgan fingerprint density at radius 3 is 2.12 bits per heavy atom. The molecule has 1 aromatic rings. The number of hydrogen-bond acceptors (Lipinski definition) is 6. The van der Waals surface area contributed by atoms with Crippen LogP contribution in [0.1, 0.15) is 19.4 Å². The van der Waals surface area contributed by atoms with Gasteiger partial charge >= 0.3 is 0 Å². The molecule has 1 heterocycles. The predicted octanol–water partition coefficient (Wildman–Crippen LogP) is 1.91. The quantitative estimate of drug-likeness (QED) is 0.731. The monoisotopic (exact) mass is 338 g/mol. The average Bonchev–Trinajstić information content (AvgIpc) is 2.56. The second-order valence-corrected chi connectivity index (χ2v) is 6.23. The lowest BCUT2D eigenvalue weighted by atomic mass is 10.1. The van der Waals surface area contributed by atoms with Crippen LogP contribution in [0.5, 0.6) is 17.2 Å². The van der Waals surface area contributed by atoms with Crippen molar-refractivity contribution in [3.63, 3.8) is 0 Å². The third kappa shape index (κ3) is 5.00. The summed E-state index contributed by atoms with van der Waals surface area (Å²) in [5.41, 5.74) is 1.10. The smallest absolute Gasteiger partial charge is 0.203 e. The predicted molar refractivity (Wildman–Crippen MR) is 94.3 cm³/mol. The first-order valence-electron chi connectivity index (χ1n) is 8.44. The summed E-state index contributed by atoms with van der Waals surface area (Å²) in [7, 11) is 4.88. The molecule has 0 radical (unpaired) electrons. The molecule has 1 N–H and O–H groups in total. The molecule has 1 aliphatic rings. The Morgan fingerprint density at radius 1 is 1.04 bits per heavy atom. The lowest BCUT2D eigenvalue weighted by Gasteiger charge is -2.35. The van der Waals surface area contributed by atoms with Crippen LogP contribution in [0.25, 0.3) is 0 Å². The molecule has 2 atom stereocenters. The summed E-state index contributed by atoms with van der Waals surface area (Å²) in [5.74, 6) is 1.99. The maximum absolute atomic E-state index is 5.76. The van der Waals surface area contributed by atoms with Crippen molar-refractivity contribution in [2.75, 3.05) is 47.5 Å². The van der Waals surface area contributed by atoms with Crippen LogP contribution in [0.2, 0.25) is 0 Å². The van der Waals surface area contributed by atoms with Crippen LogP contribution in [-0.4, -0.2) is 64.6 Å². The van der Waals surface area contributed by atoms with Crippen molar-refractivity contribution >= 4 is 0 Å². The van der Waals surface area contributed by atoms with Gasteiger partial charge in [0.1, 0.15) is 0 Å². The standard InChI is InChI=1S/C18H30N2O4/c1-13-11-20(12-14(2)24-13)7-6-19-10-15-8-16(21-3)18(23-5)17(9-15)22-4/h8-9,13-14,19H,6-7,10-12H2,1-5H3/t13-,14+. The van der Waals surface area contributed by atoms with Crippen molar-refractivity contribution in [3.8, 4) is 17.2 Å². The molecule has 0 unspecified atom stereocenters. The van der Waals surface area contributed by atoms with Gasteiger partial charge in [-0.2, -0.15) is 0 Å². The van der Waals surface area contributed by atoms with E-state index in [1.165, 1.54) is 0 Å². The number of methoxy groups -OCH3 is 3. The van der Waals surface area contributed by atoms with Crippen molar-refractivity contribution in [2.45, 2.75) is 32.6 Å². The van der Waals surface area contributed by atoms with Crippen molar-refractivity contribution < 1.29 is 18.9 Å². The van der Waals surface area contributed by atoms with E-state index in [2.05, 4.69) is 24.1 Å². The molecule has 2 rings (SSSR count). The van der Waals surface area contributed by atoms with Gasteiger partial charge in [0.2, 0.25) is 5.75 Å². The van der Waals surface area contributed by atoms with Gasteiger partial charge in [0.25, 0.3) is 0 Å². The van der Waals surface area contributed by atoms with E-state index in [9.17, 15) is 0 Å². The van der Waals surface area contributed by atoms with E-state index in [-0.39, 0.29) is 0 Å². The molecule has 0 amide bonds. The molecular formula is C18H30N2O4. The highest BCUT2D eigenvalue weighted by Gasteiger charge is 2.21. The van der Waals surface area contributed by atoms with Gasteiger partial charge in [0.05, 0.1) is 33.5 Å². The summed E-state index contributed by atoms with van der Waals surface area (Å²) >= 11 is 0. The number of ether oxygens (including phenoxy) is 4. The molecule has 24 heavy (non-hydrogen) atoms. The molecule has 6 heteroatoms. The van der Waals surface area contributed by atoms with Gasteiger partial charge in [-0.05, 0) is 31.5 Å². The first-order valence-corrected chi connectivity index (χ1v) is 8.44. The molecule has 0 saturated carbocycles. The van der Waals surface area contributed by atoms with Gasteiger partial charge in [-0.1, -0.05) is 0 Å². The Bertz CT molecular complexity index is 489. The Balaban J connectivity index is 1.86. The highest BCUT2D eigenvalue weighted by atomic mass is 16.5. The molecule has 1 aliphatic heterocycles. The fraction of sp³-hybridized carbons (Fsp3) is 0.667. The largest absolute Gasteiger partial charge is 0.493 e. The van der Waals surface area contributed by atoms with Crippen LogP contribution < -0.4 is 19.5 Å². The molecule has 0 spiro atoms. The topological polar surface area (TPSA) is 52.2 Å². The molecule has 1 fully saturated rings. The summed E-state index contributed by atoms with van der Waals surface area (Å²) in [6, 6.07) is 3.96. The third-order valence-corrected chi connectivity index (χ3v) is 4.15. The Hall–Kier alpha value is -1.50. The van der Waals surface area contributed by atoms with Crippen molar-refractivity contribution in [2.24, 2.45) is 0 Å². The highest BCUT2D eigenvalue weighted by molar-refractivity contribution is 5.53. The maximum Gasteiger partial charge on any atom is 0.203 e. The van der Waals surface area contributed by atoms with E-state index in [4.69, 9.17) is 18.9 Å². The Morgan fingerprint density at radius 2 is 1.62 bits per heavy atom. The lowest BCUT2D eigenvalue weighted by molar-refractivity contribution is -0.0674. The second-order valence-electron chi connectivity index (χ2n) is 6.23. The molecule has 6 nitrogen and oxygen atoms in total. The van der Waals surface area contributed by atoms with Crippen LogP contribution in [-0.2, 0) is 11.3 Å². The zero-order valence-corrected chi connectivity index (χ0v) is 15.4. The van der Waals surface area contributed by atoms with Gasteiger partial charge in [-0.3, -0.25) is 4.90 Å². The van der Waals surface area contributed by atoms with E-state index in [1.54, 1.807) is 21.3 Å². The van der Waals surface area contributed by atoms with Gasteiger partial charge in [0, 0.05) is 32.7 Å². The van der Waals surface area contributed by atoms with Gasteiger partial charge < -0.3 is 24.3 Å². The molecule has 0 aliphatic carbocycles. The van der Waals surface area contributed by atoms with Crippen molar-refractivity contribution in [3.05, 3.63) is 17.7 Å². The maximum atomic E-state index is 5.76. The molecular weight excluding hydrogens is 308 g/mol. The summed E-state index contributed by atoms with van der Waals surface area (Å²) in [4.78, 5) is 2.45. The Labute approximate surface area is 145 Å². The zero-order valence-electron chi connectivity index (χ0n) is 15.4. The lowest BCUT2D eigenvalue weighted by Crippen LogP contribution is -2.47. The van der Waals surface area contributed by atoms with E-state index in [0.29, 0.717) is 29.5 Å². The SMILES string of the molecule is COc1cc(CNCCN2C[C@@H](C)O[C@@H](C)C2)cc(OC)c1OC. The molecule has 1 saturated heterocycles. The minimum atomic E-state index is 0.309. The first-order chi connectivity index (χ1) is 11.6. The van der Waals surface area contributed by atoms with Crippen LogP contribution in [0.15, 0.2) is 12.1 Å². The van der Waals surface area contributed by atoms with Gasteiger partial charge in [0.15, 0.2) is 11.5 Å². The Kier molecular flexibility index (Phi) is 7.15. The fourth-order valence-corrected chi connectivity index (χ4v) is 3.17. The number of nitrogens with one attached hydrogen (secondary N) is 1. The summed E-state index contributed by atoms with van der Waals surface area (Å²) in [5, 5.41) is 3.48. The molecule has 0 aromatic heterocycles. The summed E-state index contributed by atoms with van der Waals surface area (Å²) in [6.07, 6.45) is 0.618. The van der Waals surface area contributed by atoms with E-state index < -0.39 is 0 Å². The normalized spacial score (nSPS) is 21.5. The van der Waals surface area contributed by atoms with E-state index >= 15 is 0 Å². The van der Waals surface area contributed by atoms with E-state index in [1.807, 2.05) is 12.1 Å². The zero-order chi connectivity index (χ0) is 17.5. The number of nitrogens with zero attached hydrogens (tertiary/aromatic N) is 1. The third-order valence-electron chi connectivity index (χ3n) is 4.15. The van der Waals surface area contributed by atoms with Crippen LogP contribution in [0.3, 0.4) is 0 Å². The van der Waals surface area contributed by atoms with Crippen LogP contribution >= 0.6 is 0 Å². The van der Waals surface area contributed by atoms with Crippen LogP contribution in [0.4, 0.5) is 0 Å². The fourth-order valence-electron chi connectivity index (χ4n) is 3.17. The highest BCUT2D eigenvalue weighted by Crippen LogP contribution is 2.38. The number of benzene rings is 1. The van der Waals surface area contributed by atoms with Crippen LogP contribution in [0, 0.1) is 0 Å². The van der Waals surface area contributed by atoms with Gasteiger partial charge in [-0.15, -0.1) is 0 Å². The minimum Gasteiger partial charge on any atom is -0.493 e. The average molecular weight is 338 g/mol.